The van der Waals surface area contributed by atoms with Crippen molar-refractivity contribution in [1.29, 1.82) is 0 Å². The molecule has 1 atom stereocenters. The van der Waals surface area contributed by atoms with Gasteiger partial charge in [-0.1, -0.05) is 48.5 Å². The molecule has 0 aliphatic heterocycles. The van der Waals surface area contributed by atoms with Gasteiger partial charge in [0.05, 0.1) is 12.6 Å². The van der Waals surface area contributed by atoms with E-state index in [2.05, 4.69) is 10.1 Å². The fourth-order valence-electron chi connectivity index (χ4n) is 3.23. The zero-order valence-corrected chi connectivity index (χ0v) is 14.8. The van der Waals surface area contributed by atoms with E-state index in [9.17, 15) is 18.0 Å². The molecule has 144 valence electrons. The van der Waals surface area contributed by atoms with Gasteiger partial charge in [-0.2, -0.15) is 13.2 Å². The summed E-state index contributed by atoms with van der Waals surface area (Å²) >= 11 is 0. The molecule has 1 amide bonds. The number of amides is 1. The van der Waals surface area contributed by atoms with Crippen molar-refractivity contribution >= 4 is 6.09 Å². The van der Waals surface area contributed by atoms with Crippen LogP contribution in [0, 0.1) is 0 Å². The minimum Gasteiger partial charge on any atom is -0.449 e. The summed E-state index contributed by atoms with van der Waals surface area (Å²) in [6, 6.07) is 15.3. The van der Waals surface area contributed by atoms with Crippen LogP contribution < -0.4 is 5.32 Å². The highest BCUT2D eigenvalue weighted by atomic mass is 19.4. The number of alkyl halides is 3. The molecule has 0 aromatic heterocycles. The highest BCUT2D eigenvalue weighted by Gasteiger charge is 2.29. The number of nitrogens with one attached hydrogen (secondary N) is 1. The van der Waals surface area contributed by atoms with Gasteiger partial charge in [0.15, 0.2) is 0 Å². The quantitative estimate of drug-likeness (QED) is 0.804. The van der Waals surface area contributed by atoms with Crippen molar-refractivity contribution in [3.05, 3.63) is 59.7 Å². The maximum atomic E-state index is 12.1. The second-order valence-corrected chi connectivity index (χ2v) is 6.50. The summed E-state index contributed by atoms with van der Waals surface area (Å²) in [7, 11) is 0. The zero-order valence-electron chi connectivity index (χ0n) is 14.8. The SMILES string of the molecule is CC(COCC(F)(F)F)NC(=O)OCC1c2ccccc2-c2ccccc21. The molecule has 3 rings (SSSR count). The molecule has 27 heavy (non-hydrogen) atoms. The van der Waals surface area contributed by atoms with Crippen molar-refractivity contribution in [1.82, 2.24) is 5.32 Å². The molecule has 2 aromatic rings. The Labute approximate surface area is 155 Å². The summed E-state index contributed by atoms with van der Waals surface area (Å²) in [5.41, 5.74) is 4.42. The molecule has 0 heterocycles. The maximum absolute atomic E-state index is 12.1. The van der Waals surface area contributed by atoms with E-state index in [1.807, 2.05) is 48.5 Å². The summed E-state index contributed by atoms with van der Waals surface area (Å²) in [5, 5.41) is 2.48. The molecule has 1 unspecified atom stereocenters. The van der Waals surface area contributed by atoms with Crippen molar-refractivity contribution in [3.63, 3.8) is 0 Å². The van der Waals surface area contributed by atoms with E-state index in [-0.39, 0.29) is 19.1 Å². The summed E-state index contributed by atoms with van der Waals surface area (Å²) in [5.74, 6) is -0.0695. The normalized spacial score (nSPS) is 14.4. The van der Waals surface area contributed by atoms with Crippen molar-refractivity contribution < 1.29 is 27.4 Å². The van der Waals surface area contributed by atoms with Crippen LogP contribution in [0.2, 0.25) is 0 Å². The monoisotopic (exact) mass is 379 g/mol. The Morgan fingerprint density at radius 1 is 1.07 bits per heavy atom. The molecule has 1 N–H and O–H groups in total. The first-order valence-corrected chi connectivity index (χ1v) is 8.61. The van der Waals surface area contributed by atoms with Crippen LogP contribution in [-0.4, -0.2) is 38.1 Å². The van der Waals surface area contributed by atoms with Gasteiger partial charge in [0, 0.05) is 5.92 Å². The topological polar surface area (TPSA) is 47.6 Å². The molecule has 1 aliphatic carbocycles. The number of carbonyl (C=O) groups is 1. The molecule has 0 bridgehead atoms. The minimum absolute atomic E-state index is 0.0695. The second-order valence-electron chi connectivity index (χ2n) is 6.50. The summed E-state index contributed by atoms with van der Waals surface area (Å²) in [6.07, 6.45) is -5.07. The van der Waals surface area contributed by atoms with Gasteiger partial charge in [-0.3, -0.25) is 0 Å². The van der Waals surface area contributed by atoms with Crippen molar-refractivity contribution in [2.75, 3.05) is 19.8 Å². The number of hydrogen-bond acceptors (Lipinski definition) is 3. The van der Waals surface area contributed by atoms with E-state index in [0.717, 1.165) is 22.3 Å². The Hall–Kier alpha value is -2.54. The van der Waals surface area contributed by atoms with Crippen LogP contribution in [-0.2, 0) is 9.47 Å². The van der Waals surface area contributed by atoms with E-state index < -0.39 is 24.9 Å². The Morgan fingerprint density at radius 2 is 1.63 bits per heavy atom. The number of benzene rings is 2. The number of halogens is 3. The van der Waals surface area contributed by atoms with Gasteiger partial charge in [0.1, 0.15) is 13.2 Å². The fraction of sp³-hybridized carbons (Fsp3) is 0.350. The van der Waals surface area contributed by atoms with Gasteiger partial charge < -0.3 is 14.8 Å². The van der Waals surface area contributed by atoms with Gasteiger partial charge in [-0.05, 0) is 29.2 Å². The third kappa shape index (κ3) is 4.80. The molecule has 2 aromatic carbocycles. The average molecular weight is 379 g/mol. The Balaban J connectivity index is 1.55. The maximum Gasteiger partial charge on any atom is 0.411 e. The summed E-state index contributed by atoms with van der Waals surface area (Å²) in [6.45, 7) is 0.112. The van der Waals surface area contributed by atoms with E-state index in [1.165, 1.54) is 0 Å². The lowest BCUT2D eigenvalue weighted by Gasteiger charge is -2.17. The van der Waals surface area contributed by atoms with Crippen LogP contribution in [0.4, 0.5) is 18.0 Å². The first-order valence-electron chi connectivity index (χ1n) is 8.61. The molecule has 7 heteroatoms. The van der Waals surface area contributed by atoms with E-state index in [0.29, 0.717) is 0 Å². The van der Waals surface area contributed by atoms with E-state index in [4.69, 9.17) is 4.74 Å². The highest BCUT2D eigenvalue weighted by molar-refractivity contribution is 5.79. The van der Waals surface area contributed by atoms with Gasteiger partial charge in [0.2, 0.25) is 0 Å². The Morgan fingerprint density at radius 3 is 2.19 bits per heavy atom. The largest absolute Gasteiger partial charge is 0.449 e. The number of carbonyl (C=O) groups excluding carboxylic acids is 1. The van der Waals surface area contributed by atoms with Crippen LogP contribution in [0.5, 0.6) is 0 Å². The standard InChI is InChI=1S/C20H20F3NO3/c1-13(10-26-12-20(21,22)23)24-19(25)27-11-18-16-8-4-2-6-14(16)15-7-3-5-9-17(15)18/h2-9,13,18H,10-12H2,1H3,(H,24,25). The van der Waals surface area contributed by atoms with Crippen molar-refractivity contribution in [2.24, 2.45) is 0 Å². The average Bonchev–Trinajstić information content (AvgIpc) is 2.93. The lowest BCUT2D eigenvalue weighted by Crippen LogP contribution is -2.37. The van der Waals surface area contributed by atoms with E-state index in [1.54, 1.807) is 6.92 Å². The summed E-state index contributed by atoms with van der Waals surface area (Å²) < 4.78 is 46.1. The predicted octanol–water partition coefficient (Wildman–Crippen LogP) is 4.49. The first kappa shape index (κ1) is 19.2. The lowest BCUT2D eigenvalue weighted by molar-refractivity contribution is -0.174. The minimum atomic E-state index is -4.39. The third-order valence-electron chi connectivity index (χ3n) is 4.34. The number of ether oxygens (including phenoxy) is 2. The molecule has 0 spiro atoms. The first-order chi connectivity index (χ1) is 12.8. The smallest absolute Gasteiger partial charge is 0.411 e. The molecule has 0 saturated heterocycles. The van der Waals surface area contributed by atoms with Gasteiger partial charge >= 0.3 is 12.3 Å². The molecule has 0 fully saturated rings. The third-order valence-corrected chi connectivity index (χ3v) is 4.34. The molecular weight excluding hydrogens is 359 g/mol. The number of fused-ring (bicyclic) bond motifs is 3. The Kier molecular flexibility index (Phi) is 5.70. The van der Waals surface area contributed by atoms with Gasteiger partial charge in [0.25, 0.3) is 0 Å². The van der Waals surface area contributed by atoms with Crippen molar-refractivity contribution in [3.8, 4) is 11.1 Å². The summed E-state index contributed by atoms with van der Waals surface area (Å²) in [4.78, 5) is 12.0. The van der Waals surface area contributed by atoms with Gasteiger partial charge in [-0.25, -0.2) is 4.79 Å². The van der Waals surface area contributed by atoms with Crippen LogP contribution in [0.15, 0.2) is 48.5 Å². The fourth-order valence-corrected chi connectivity index (χ4v) is 3.23. The number of rotatable bonds is 6. The van der Waals surface area contributed by atoms with Crippen LogP contribution in [0.3, 0.4) is 0 Å². The van der Waals surface area contributed by atoms with Crippen LogP contribution in [0.25, 0.3) is 11.1 Å². The molecule has 0 radical (unpaired) electrons. The molecule has 4 nitrogen and oxygen atoms in total. The number of alkyl carbamates (subject to hydrolysis) is 1. The molecule has 0 saturated carbocycles. The van der Waals surface area contributed by atoms with Crippen LogP contribution >= 0.6 is 0 Å². The van der Waals surface area contributed by atoms with Gasteiger partial charge in [-0.15, -0.1) is 0 Å². The predicted molar refractivity (Wildman–Crippen MR) is 94.5 cm³/mol. The van der Waals surface area contributed by atoms with Crippen LogP contribution in [0.1, 0.15) is 24.0 Å². The van der Waals surface area contributed by atoms with E-state index >= 15 is 0 Å². The lowest BCUT2D eigenvalue weighted by atomic mass is 9.98. The van der Waals surface area contributed by atoms with Crippen molar-refractivity contribution in [2.45, 2.75) is 25.1 Å². The molecular formula is C20H20F3NO3. The zero-order chi connectivity index (χ0) is 19.4. The molecule has 1 aliphatic rings. The number of hydrogen-bond donors (Lipinski definition) is 1. The Bertz CT molecular complexity index is 762. The second kappa shape index (κ2) is 8.00. The highest BCUT2D eigenvalue weighted by Crippen LogP contribution is 2.44.